The van der Waals surface area contributed by atoms with Crippen molar-refractivity contribution in [1.29, 1.82) is 0 Å². The predicted molar refractivity (Wildman–Crippen MR) is 84.0 cm³/mol. The van der Waals surface area contributed by atoms with Crippen molar-refractivity contribution >= 4 is 28.8 Å². The molecule has 0 atom stereocenters. The van der Waals surface area contributed by atoms with Gasteiger partial charge >= 0.3 is 0 Å². The fourth-order valence-corrected chi connectivity index (χ4v) is 3.51. The zero-order valence-electron chi connectivity index (χ0n) is 11.3. The summed E-state index contributed by atoms with van der Waals surface area (Å²) in [7, 11) is 0. The monoisotopic (exact) mass is 322 g/mol. The van der Waals surface area contributed by atoms with Crippen LogP contribution in [0.15, 0.2) is 23.6 Å². The molecule has 3 N–H and O–H groups in total. The summed E-state index contributed by atoms with van der Waals surface area (Å²) in [6.45, 7) is 2.07. The van der Waals surface area contributed by atoms with E-state index in [2.05, 4.69) is 5.32 Å². The Balaban J connectivity index is 1.64. The van der Waals surface area contributed by atoms with Gasteiger partial charge in [-0.1, -0.05) is 11.6 Å². The van der Waals surface area contributed by atoms with Crippen molar-refractivity contribution in [2.45, 2.75) is 19.5 Å². The van der Waals surface area contributed by atoms with Crippen LogP contribution in [0, 0.1) is 0 Å². The van der Waals surface area contributed by atoms with Crippen molar-refractivity contribution in [2.24, 2.45) is 5.73 Å². The van der Waals surface area contributed by atoms with Crippen molar-refractivity contribution in [3.63, 3.8) is 0 Å². The predicted octanol–water partition coefficient (Wildman–Crippen LogP) is 2.73. The smallest absolute Gasteiger partial charge is 0.249 e. The minimum Gasteiger partial charge on any atom is -0.493 e. The zero-order valence-corrected chi connectivity index (χ0v) is 12.9. The number of hydrogen-bond donors (Lipinski definition) is 2. The van der Waals surface area contributed by atoms with Gasteiger partial charge in [0, 0.05) is 40.4 Å². The van der Waals surface area contributed by atoms with E-state index in [1.54, 1.807) is 5.38 Å². The van der Waals surface area contributed by atoms with Gasteiger partial charge < -0.3 is 15.8 Å². The Bertz CT molecular complexity index is 684. The van der Waals surface area contributed by atoms with Crippen LogP contribution in [-0.2, 0) is 19.5 Å². The number of primary amides is 1. The third-order valence-corrected chi connectivity index (χ3v) is 4.53. The van der Waals surface area contributed by atoms with Crippen LogP contribution < -0.4 is 15.8 Å². The highest BCUT2D eigenvalue weighted by atomic mass is 35.5. The van der Waals surface area contributed by atoms with Gasteiger partial charge in [-0.25, -0.2) is 0 Å². The molecule has 1 aliphatic rings. The Morgan fingerprint density at radius 1 is 1.38 bits per heavy atom. The lowest BCUT2D eigenvalue weighted by Crippen LogP contribution is -2.13. The second-order valence-electron chi connectivity index (χ2n) is 4.92. The molecule has 1 aromatic heterocycles. The van der Waals surface area contributed by atoms with Gasteiger partial charge in [0.15, 0.2) is 0 Å². The molecule has 1 amide bonds. The lowest BCUT2D eigenvalue weighted by molar-refractivity contribution is 0.100. The van der Waals surface area contributed by atoms with Gasteiger partial charge in [-0.05, 0) is 23.8 Å². The lowest BCUT2D eigenvalue weighted by Gasteiger charge is -2.09. The molecule has 2 aromatic rings. The molecule has 21 heavy (non-hydrogen) atoms. The highest BCUT2D eigenvalue weighted by Crippen LogP contribution is 2.32. The molecule has 0 saturated heterocycles. The van der Waals surface area contributed by atoms with Crippen molar-refractivity contribution < 1.29 is 9.53 Å². The van der Waals surface area contributed by atoms with Gasteiger partial charge in [0.05, 0.1) is 12.2 Å². The highest BCUT2D eigenvalue weighted by molar-refractivity contribution is 7.10. The summed E-state index contributed by atoms with van der Waals surface area (Å²) in [6.07, 6.45) is 0.912. The lowest BCUT2D eigenvalue weighted by atomic mass is 10.1. The molecule has 0 radical (unpaired) electrons. The van der Waals surface area contributed by atoms with Crippen molar-refractivity contribution in [1.82, 2.24) is 5.32 Å². The maximum absolute atomic E-state index is 11.1. The molecular formula is C15H15ClN2O2S. The number of hydrogen-bond acceptors (Lipinski definition) is 4. The Labute approximate surface area is 131 Å². The number of halogens is 1. The summed E-state index contributed by atoms with van der Waals surface area (Å²) in [5.41, 5.74) is 8.04. The Kier molecular flexibility index (Phi) is 4.14. The summed E-state index contributed by atoms with van der Waals surface area (Å²) in [5, 5.41) is 5.86. The third kappa shape index (κ3) is 3.20. The molecule has 0 spiro atoms. The van der Waals surface area contributed by atoms with E-state index in [1.807, 2.05) is 18.2 Å². The van der Waals surface area contributed by atoms with E-state index in [1.165, 1.54) is 16.9 Å². The minimum absolute atomic E-state index is 0.390. The fourth-order valence-electron chi connectivity index (χ4n) is 2.40. The van der Waals surface area contributed by atoms with E-state index in [0.29, 0.717) is 18.7 Å². The standard InChI is InChI=1S/C15H15ClN2O2S/c16-12-3-9-1-2-20-14(9)10(4-12)6-18-7-13-5-11(8-21-13)15(17)19/h3-5,8,18H,1-2,6-7H2,(H2,17,19). The molecule has 110 valence electrons. The van der Waals surface area contributed by atoms with Crippen LogP contribution in [0.5, 0.6) is 5.75 Å². The number of carbonyl (C=O) groups excluding carboxylic acids is 1. The molecule has 0 aliphatic carbocycles. The first-order valence-electron chi connectivity index (χ1n) is 6.65. The van der Waals surface area contributed by atoms with Crippen LogP contribution in [0.2, 0.25) is 5.02 Å². The Morgan fingerprint density at radius 3 is 3.00 bits per heavy atom. The average Bonchev–Trinajstić information content (AvgIpc) is 3.06. The van der Waals surface area contributed by atoms with Crippen LogP contribution in [0.25, 0.3) is 0 Å². The zero-order chi connectivity index (χ0) is 14.8. The molecule has 6 heteroatoms. The summed E-state index contributed by atoms with van der Waals surface area (Å²) in [5.74, 6) is 0.564. The molecule has 2 heterocycles. The van der Waals surface area contributed by atoms with E-state index >= 15 is 0 Å². The topological polar surface area (TPSA) is 64.4 Å². The molecule has 1 aromatic carbocycles. The SMILES string of the molecule is NC(=O)c1csc(CNCc2cc(Cl)cc3c2OCC3)c1. The second-order valence-corrected chi connectivity index (χ2v) is 6.35. The first kappa shape index (κ1) is 14.4. The molecule has 0 saturated carbocycles. The number of amides is 1. The van der Waals surface area contributed by atoms with E-state index in [-0.39, 0.29) is 0 Å². The van der Waals surface area contributed by atoms with E-state index in [9.17, 15) is 4.79 Å². The molecule has 0 fully saturated rings. The Hall–Kier alpha value is -1.56. The number of fused-ring (bicyclic) bond motifs is 1. The van der Waals surface area contributed by atoms with Crippen LogP contribution in [0.1, 0.15) is 26.4 Å². The summed E-state index contributed by atoms with van der Waals surface area (Å²) in [4.78, 5) is 12.1. The highest BCUT2D eigenvalue weighted by Gasteiger charge is 2.17. The normalized spacial score (nSPS) is 13.0. The number of thiophene rings is 1. The van der Waals surface area contributed by atoms with E-state index in [0.717, 1.165) is 34.2 Å². The van der Waals surface area contributed by atoms with Crippen LogP contribution in [0.3, 0.4) is 0 Å². The molecule has 3 rings (SSSR count). The van der Waals surface area contributed by atoms with E-state index < -0.39 is 5.91 Å². The van der Waals surface area contributed by atoms with Crippen LogP contribution in [0.4, 0.5) is 0 Å². The summed E-state index contributed by atoms with van der Waals surface area (Å²) >= 11 is 7.65. The largest absolute Gasteiger partial charge is 0.493 e. The van der Waals surface area contributed by atoms with Crippen LogP contribution >= 0.6 is 22.9 Å². The number of benzene rings is 1. The third-order valence-electron chi connectivity index (χ3n) is 3.38. The Morgan fingerprint density at radius 2 is 2.24 bits per heavy atom. The van der Waals surface area contributed by atoms with Gasteiger partial charge in [-0.15, -0.1) is 11.3 Å². The maximum atomic E-state index is 11.1. The molecule has 4 nitrogen and oxygen atoms in total. The van der Waals surface area contributed by atoms with Crippen molar-refractivity contribution in [3.05, 3.63) is 50.2 Å². The van der Waals surface area contributed by atoms with Crippen molar-refractivity contribution in [2.75, 3.05) is 6.61 Å². The van der Waals surface area contributed by atoms with Crippen molar-refractivity contribution in [3.8, 4) is 5.75 Å². The number of rotatable bonds is 5. The summed E-state index contributed by atoms with van der Waals surface area (Å²) < 4.78 is 5.67. The number of nitrogens with two attached hydrogens (primary N) is 1. The van der Waals surface area contributed by atoms with Gasteiger partial charge in [0.2, 0.25) is 5.91 Å². The molecule has 0 unspecified atom stereocenters. The van der Waals surface area contributed by atoms with Gasteiger partial charge in [0.1, 0.15) is 5.75 Å². The van der Waals surface area contributed by atoms with E-state index in [4.69, 9.17) is 22.1 Å². The first-order chi connectivity index (χ1) is 10.1. The molecular weight excluding hydrogens is 308 g/mol. The summed E-state index contributed by atoms with van der Waals surface area (Å²) in [6, 6.07) is 5.71. The van der Waals surface area contributed by atoms with Gasteiger partial charge in [-0.2, -0.15) is 0 Å². The molecule has 0 bridgehead atoms. The number of nitrogens with one attached hydrogen (secondary N) is 1. The number of carbonyl (C=O) groups is 1. The average molecular weight is 323 g/mol. The molecule has 1 aliphatic heterocycles. The second kappa shape index (κ2) is 6.05. The first-order valence-corrected chi connectivity index (χ1v) is 7.91. The quantitative estimate of drug-likeness (QED) is 0.889. The van der Waals surface area contributed by atoms with Gasteiger partial charge in [-0.3, -0.25) is 4.79 Å². The minimum atomic E-state index is -0.390. The fraction of sp³-hybridized carbons (Fsp3) is 0.267. The van der Waals surface area contributed by atoms with Gasteiger partial charge in [0.25, 0.3) is 0 Å². The maximum Gasteiger partial charge on any atom is 0.249 e. The van der Waals surface area contributed by atoms with Crippen LogP contribution in [-0.4, -0.2) is 12.5 Å². The number of ether oxygens (including phenoxy) is 1.